The molecular formula is C30H41ClN6O5S. The quantitative estimate of drug-likeness (QED) is 0.243. The van der Waals surface area contributed by atoms with Gasteiger partial charge in [-0.3, -0.25) is 9.69 Å². The molecule has 5 rings (SSSR count). The van der Waals surface area contributed by atoms with Crippen molar-refractivity contribution in [2.45, 2.75) is 51.0 Å². The molecule has 1 aliphatic carbocycles. The monoisotopic (exact) mass is 632 g/mol. The first-order valence-corrected chi connectivity index (χ1v) is 14.8. The SMILES string of the molecule is CN(C)CCOc1cc(C(=O)NC[C@H](O)CN2CCc3c(ccc(OCc4cnco4)c3Cl)C2)cc(NC2CCC2)n1.S. The predicted molar refractivity (Wildman–Crippen MR) is 170 cm³/mol. The predicted octanol–water partition coefficient (Wildman–Crippen LogP) is 3.47. The third-order valence-electron chi connectivity index (χ3n) is 7.51. The van der Waals surface area contributed by atoms with Gasteiger partial charge in [0.1, 0.15) is 24.8 Å². The largest absolute Gasteiger partial charge is 0.484 e. The van der Waals surface area contributed by atoms with Crippen molar-refractivity contribution in [1.29, 1.82) is 0 Å². The van der Waals surface area contributed by atoms with E-state index in [4.69, 9.17) is 25.5 Å². The van der Waals surface area contributed by atoms with Crippen LogP contribution < -0.4 is 20.1 Å². The molecule has 1 atom stereocenters. The highest BCUT2D eigenvalue weighted by Crippen LogP contribution is 2.34. The molecule has 1 amide bonds. The third kappa shape index (κ3) is 9.23. The Morgan fingerprint density at radius 2 is 2.12 bits per heavy atom. The Morgan fingerprint density at radius 3 is 2.84 bits per heavy atom. The first-order valence-electron chi connectivity index (χ1n) is 14.4. The molecule has 43 heavy (non-hydrogen) atoms. The number of β-amino-alcohol motifs (C(OH)–C–C–N with tert-alkyl or cyclic N) is 1. The smallest absolute Gasteiger partial charge is 0.251 e. The Morgan fingerprint density at radius 1 is 1.28 bits per heavy atom. The van der Waals surface area contributed by atoms with Gasteiger partial charge in [-0.25, -0.2) is 4.98 Å². The van der Waals surface area contributed by atoms with Gasteiger partial charge in [-0.15, -0.1) is 0 Å². The van der Waals surface area contributed by atoms with Crippen LogP contribution in [0.15, 0.2) is 41.3 Å². The van der Waals surface area contributed by atoms with E-state index in [9.17, 15) is 9.90 Å². The van der Waals surface area contributed by atoms with Gasteiger partial charge in [0.05, 0.1) is 17.3 Å². The van der Waals surface area contributed by atoms with Crippen LogP contribution in [0.2, 0.25) is 5.02 Å². The number of hydrogen-bond donors (Lipinski definition) is 3. The lowest BCUT2D eigenvalue weighted by Crippen LogP contribution is -2.42. The van der Waals surface area contributed by atoms with Crippen molar-refractivity contribution in [3.8, 4) is 11.6 Å². The van der Waals surface area contributed by atoms with Crippen molar-refractivity contribution in [3.63, 3.8) is 0 Å². The van der Waals surface area contributed by atoms with Gasteiger partial charge in [-0.1, -0.05) is 17.7 Å². The Hall–Kier alpha value is -3.03. The molecule has 1 aliphatic heterocycles. The maximum Gasteiger partial charge on any atom is 0.251 e. The normalized spacial score (nSPS) is 15.7. The standard InChI is InChI=1S/C30H39ClN6O5.H2S/c1-36(2)10-11-40-28-13-21(12-27(35-28)34-22-4-3-5-22)30(39)33-14-23(38)17-37-9-8-25-20(16-37)6-7-26(29(25)31)41-18-24-15-32-19-42-24;/h6-7,12-13,15,19,22-23,38H,3-5,8-11,14,16-18H2,1-2H3,(H,33,39)(H,34,35);1H2/t23-;/m0./s1. The minimum Gasteiger partial charge on any atom is -0.484 e. The fourth-order valence-electron chi connectivity index (χ4n) is 4.93. The van der Waals surface area contributed by atoms with Gasteiger partial charge in [-0.2, -0.15) is 18.5 Å². The number of nitrogens with one attached hydrogen (secondary N) is 2. The number of aliphatic hydroxyl groups excluding tert-OH is 1. The van der Waals surface area contributed by atoms with E-state index in [0.29, 0.717) is 59.5 Å². The van der Waals surface area contributed by atoms with Gasteiger partial charge in [0.2, 0.25) is 5.88 Å². The average Bonchev–Trinajstić information content (AvgIpc) is 3.47. The summed E-state index contributed by atoms with van der Waals surface area (Å²) in [7, 11) is 3.95. The summed E-state index contributed by atoms with van der Waals surface area (Å²) in [6.07, 6.45) is 6.35. The maximum absolute atomic E-state index is 13.1. The average molecular weight is 633 g/mol. The van der Waals surface area contributed by atoms with E-state index in [1.807, 2.05) is 31.1 Å². The zero-order valence-electron chi connectivity index (χ0n) is 24.6. The van der Waals surface area contributed by atoms with Crippen molar-refractivity contribution >= 4 is 36.8 Å². The summed E-state index contributed by atoms with van der Waals surface area (Å²) in [5, 5.41) is 17.6. The molecule has 234 valence electrons. The van der Waals surface area contributed by atoms with Crippen molar-refractivity contribution < 1.29 is 23.8 Å². The van der Waals surface area contributed by atoms with Crippen LogP contribution in [0.1, 0.15) is 46.5 Å². The molecule has 0 radical (unpaired) electrons. The number of halogens is 1. The molecule has 13 heteroatoms. The number of benzene rings is 1. The number of ether oxygens (including phenoxy) is 2. The molecule has 2 aromatic heterocycles. The van der Waals surface area contributed by atoms with Crippen LogP contribution in [0.3, 0.4) is 0 Å². The molecule has 0 bridgehead atoms. The first-order chi connectivity index (χ1) is 20.3. The van der Waals surface area contributed by atoms with Crippen molar-refractivity contribution in [2.75, 3.05) is 52.2 Å². The molecule has 11 nitrogen and oxygen atoms in total. The lowest BCUT2D eigenvalue weighted by Gasteiger charge is -2.31. The molecule has 0 saturated heterocycles. The summed E-state index contributed by atoms with van der Waals surface area (Å²) in [6, 6.07) is 7.63. The lowest BCUT2D eigenvalue weighted by molar-refractivity contribution is 0.0841. The summed E-state index contributed by atoms with van der Waals surface area (Å²) in [6.45, 7) is 3.39. The lowest BCUT2D eigenvalue weighted by atomic mass is 9.93. The van der Waals surface area contributed by atoms with E-state index in [1.165, 1.54) is 12.8 Å². The van der Waals surface area contributed by atoms with E-state index < -0.39 is 6.10 Å². The fraction of sp³-hybridized carbons (Fsp3) is 0.500. The molecule has 3 aromatic rings. The van der Waals surface area contributed by atoms with E-state index in [1.54, 1.807) is 18.3 Å². The van der Waals surface area contributed by atoms with E-state index in [2.05, 4.69) is 25.5 Å². The Kier molecular flexibility index (Phi) is 11.9. The number of carbonyl (C=O) groups is 1. The summed E-state index contributed by atoms with van der Waals surface area (Å²) in [5.74, 6) is 1.99. The summed E-state index contributed by atoms with van der Waals surface area (Å²) in [5.41, 5.74) is 2.60. The van der Waals surface area contributed by atoms with Crippen LogP contribution in [0.5, 0.6) is 11.6 Å². The molecule has 1 saturated carbocycles. The van der Waals surface area contributed by atoms with Crippen LogP contribution >= 0.6 is 25.1 Å². The molecule has 1 aromatic carbocycles. The number of carbonyl (C=O) groups excluding carboxylic acids is 1. The number of fused-ring (bicyclic) bond motifs is 1. The second-order valence-corrected chi connectivity index (χ2v) is 11.5. The number of anilines is 1. The highest BCUT2D eigenvalue weighted by atomic mass is 35.5. The summed E-state index contributed by atoms with van der Waals surface area (Å²) >= 11 is 6.66. The molecule has 3 N–H and O–H groups in total. The molecular weight excluding hydrogens is 592 g/mol. The van der Waals surface area contributed by atoms with Crippen molar-refractivity contribution in [3.05, 3.63) is 64.3 Å². The van der Waals surface area contributed by atoms with Crippen LogP contribution in [-0.4, -0.2) is 89.8 Å². The van der Waals surface area contributed by atoms with Crippen molar-refractivity contribution in [2.24, 2.45) is 0 Å². The third-order valence-corrected chi connectivity index (χ3v) is 7.92. The van der Waals surface area contributed by atoms with Gasteiger partial charge in [0.15, 0.2) is 12.2 Å². The maximum atomic E-state index is 13.1. The summed E-state index contributed by atoms with van der Waals surface area (Å²) in [4.78, 5) is 25.7. The number of hydrogen-bond acceptors (Lipinski definition) is 10. The number of oxazole rings is 1. The van der Waals surface area contributed by atoms with Gasteiger partial charge in [-0.05, 0) is 63.0 Å². The molecule has 2 aliphatic rings. The summed E-state index contributed by atoms with van der Waals surface area (Å²) < 4.78 is 16.9. The zero-order chi connectivity index (χ0) is 29.5. The number of aliphatic hydroxyl groups is 1. The van der Waals surface area contributed by atoms with Crippen LogP contribution in [0.25, 0.3) is 0 Å². The van der Waals surface area contributed by atoms with Crippen LogP contribution in [0.4, 0.5) is 5.82 Å². The Bertz CT molecular complexity index is 1340. The molecule has 0 spiro atoms. The first kappa shape index (κ1) is 32.9. The number of likely N-dealkylation sites (N-methyl/N-ethyl adjacent to an activating group) is 1. The fourth-order valence-corrected chi connectivity index (χ4v) is 5.26. The number of amides is 1. The molecule has 3 heterocycles. The van der Waals surface area contributed by atoms with Gasteiger partial charge < -0.3 is 34.5 Å². The number of nitrogens with zero attached hydrogens (tertiary/aromatic N) is 4. The Balaban J connectivity index is 0.00000423. The molecule has 1 fully saturated rings. The number of aromatic nitrogens is 2. The van der Waals surface area contributed by atoms with Gasteiger partial charge >= 0.3 is 0 Å². The van der Waals surface area contributed by atoms with Crippen LogP contribution in [-0.2, 0) is 19.6 Å². The topological polar surface area (TPSA) is 125 Å². The van der Waals surface area contributed by atoms with Gasteiger partial charge in [0, 0.05) is 50.4 Å². The minimum atomic E-state index is -0.735. The highest BCUT2D eigenvalue weighted by molar-refractivity contribution is 7.59. The zero-order valence-corrected chi connectivity index (χ0v) is 26.4. The van der Waals surface area contributed by atoms with E-state index in [0.717, 1.165) is 43.5 Å². The Labute approximate surface area is 264 Å². The van der Waals surface area contributed by atoms with Crippen molar-refractivity contribution in [1.82, 2.24) is 25.1 Å². The van der Waals surface area contributed by atoms with E-state index >= 15 is 0 Å². The number of pyridine rings is 1. The van der Waals surface area contributed by atoms with E-state index in [-0.39, 0.29) is 32.6 Å². The second kappa shape index (κ2) is 15.6. The minimum absolute atomic E-state index is 0. The molecule has 0 unspecified atom stereocenters. The number of rotatable bonds is 14. The second-order valence-electron chi connectivity index (χ2n) is 11.1. The highest BCUT2D eigenvalue weighted by Gasteiger charge is 2.23. The van der Waals surface area contributed by atoms with Crippen LogP contribution in [0, 0.1) is 0 Å². The van der Waals surface area contributed by atoms with Gasteiger partial charge in [0.25, 0.3) is 5.91 Å².